The van der Waals surface area contributed by atoms with Gasteiger partial charge in [-0.2, -0.15) is 0 Å². The molecule has 0 saturated heterocycles. The minimum absolute atomic E-state index is 0.121. The van der Waals surface area contributed by atoms with E-state index in [0.717, 1.165) is 96.3 Å². The molecule has 346 valence electrons. The lowest BCUT2D eigenvalue weighted by atomic mass is 10.1. The minimum atomic E-state index is -4.78. The van der Waals surface area contributed by atoms with E-state index in [0.29, 0.717) is 12.8 Å². The second-order valence-electron chi connectivity index (χ2n) is 14.9. The Balaban J connectivity index is 4.00. The Labute approximate surface area is 368 Å². The van der Waals surface area contributed by atoms with Crippen LogP contribution >= 0.6 is 7.82 Å². The van der Waals surface area contributed by atoms with E-state index >= 15 is 0 Å². The third-order valence-electron chi connectivity index (χ3n) is 9.11. The van der Waals surface area contributed by atoms with E-state index < -0.39 is 57.6 Å². The van der Waals surface area contributed by atoms with E-state index in [9.17, 15) is 34.1 Å². The van der Waals surface area contributed by atoms with E-state index in [1.807, 2.05) is 0 Å². The van der Waals surface area contributed by atoms with Crippen LogP contribution in [0.2, 0.25) is 0 Å². The van der Waals surface area contributed by atoms with Crippen LogP contribution in [0.25, 0.3) is 0 Å². The molecule has 0 rings (SSSR count). The van der Waals surface area contributed by atoms with Crippen molar-refractivity contribution in [3.63, 3.8) is 0 Å². The fraction of sp³-hybridized carbons (Fsp3) is 0.612. The number of phosphoric ester groups is 1. The maximum absolute atomic E-state index is 12.3. The minimum Gasteiger partial charge on any atom is -0.480 e. The first-order valence-electron chi connectivity index (χ1n) is 22.8. The van der Waals surface area contributed by atoms with E-state index in [2.05, 4.69) is 116 Å². The van der Waals surface area contributed by atoms with E-state index in [-0.39, 0.29) is 12.8 Å². The quantitative estimate of drug-likeness (QED) is 0.0201. The number of rotatable bonds is 41. The molecule has 12 heteroatoms. The van der Waals surface area contributed by atoms with Crippen molar-refractivity contribution in [1.29, 1.82) is 0 Å². The topological polar surface area (TPSA) is 169 Å². The molecule has 0 heterocycles. The van der Waals surface area contributed by atoms with E-state index in [1.165, 1.54) is 25.7 Å². The van der Waals surface area contributed by atoms with Crippen LogP contribution in [0, 0.1) is 0 Å². The number of carbonyl (C=O) groups excluding carboxylic acids is 2. The van der Waals surface area contributed by atoms with Gasteiger partial charge < -0.3 is 25.2 Å². The third kappa shape index (κ3) is 42.9. The molecule has 61 heavy (non-hydrogen) atoms. The molecule has 0 radical (unpaired) electrons. The number of amides is 1. The van der Waals surface area contributed by atoms with E-state index in [1.54, 1.807) is 0 Å². The van der Waals surface area contributed by atoms with Crippen LogP contribution in [0.3, 0.4) is 0 Å². The summed E-state index contributed by atoms with van der Waals surface area (Å²) in [6.45, 7) is 2.39. The van der Waals surface area contributed by atoms with Crippen molar-refractivity contribution in [2.24, 2.45) is 0 Å². The second kappa shape index (κ2) is 43.1. The highest BCUT2D eigenvalue weighted by molar-refractivity contribution is 7.47. The summed E-state index contributed by atoms with van der Waals surface area (Å²) in [5.74, 6) is -2.45. The molecule has 0 aromatic heterocycles. The summed E-state index contributed by atoms with van der Waals surface area (Å²) >= 11 is 0. The van der Waals surface area contributed by atoms with Crippen LogP contribution in [-0.2, 0) is 32.7 Å². The Morgan fingerprint density at radius 3 is 1.44 bits per heavy atom. The molecule has 0 saturated carbocycles. The highest BCUT2D eigenvalue weighted by Crippen LogP contribution is 2.43. The summed E-state index contributed by atoms with van der Waals surface area (Å²) in [6, 6.07) is -1.57. The maximum Gasteiger partial charge on any atom is 0.472 e. The molecule has 1 amide bonds. The summed E-state index contributed by atoms with van der Waals surface area (Å²) in [5, 5.41) is 21.8. The highest BCUT2D eigenvalue weighted by atomic mass is 31.2. The fourth-order valence-electron chi connectivity index (χ4n) is 5.58. The van der Waals surface area contributed by atoms with Gasteiger partial charge in [-0.25, -0.2) is 9.36 Å². The SMILES string of the molecule is CC/C=C\C/C=C\C/C=C\C/C=C\C/C=C\C/C=C\CCCCC(=O)OCC(O)COP(=O)(O)OCC(NC(=O)CCCCCCC/C=C\C/C=C\CCCCCC)C(=O)O. The highest BCUT2D eigenvalue weighted by Gasteiger charge is 2.28. The molecule has 0 aromatic rings. The lowest BCUT2D eigenvalue weighted by Gasteiger charge is -2.18. The van der Waals surface area contributed by atoms with Crippen molar-refractivity contribution in [2.45, 2.75) is 174 Å². The number of esters is 1. The summed E-state index contributed by atoms with van der Waals surface area (Å²) < 4.78 is 26.8. The monoisotopic (exact) mass is 874 g/mol. The number of phosphoric acid groups is 1. The van der Waals surface area contributed by atoms with Gasteiger partial charge in [-0.05, 0) is 96.3 Å². The molecule has 11 nitrogen and oxygen atoms in total. The van der Waals surface area contributed by atoms with Crippen molar-refractivity contribution in [3.05, 3.63) is 97.2 Å². The molecule has 0 bridgehead atoms. The molecule has 3 unspecified atom stereocenters. The van der Waals surface area contributed by atoms with Crippen molar-refractivity contribution < 1.29 is 47.8 Å². The Kier molecular flexibility index (Phi) is 40.5. The zero-order chi connectivity index (χ0) is 44.9. The average molecular weight is 874 g/mol. The zero-order valence-corrected chi connectivity index (χ0v) is 38.3. The van der Waals surface area contributed by atoms with Crippen molar-refractivity contribution in [3.8, 4) is 0 Å². The van der Waals surface area contributed by atoms with Gasteiger partial charge in [0.2, 0.25) is 5.91 Å². The first-order valence-corrected chi connectivity index (χ1v) is 24.3. The summed E-state index contributed by atoms with van der Waals surface area (Å²) in [5.41, 5.74) is 0. The fourth-order valence-corrected chi connectivity index (χ4v) is 6.35. The summed E-state index contributed by atoms with van der Waals surface area (Å²) in [7, 11) is -4.78. The van der Waals surface area contributed by atoms with Crippen LogP contribution in [0.4, 0.5) is 0 Å². The molecular formula is C49H80NO10P. The number of hydrogen-bond acceptors (Lipinski definition) is 8. The largest absolute Gasteiger partial charge is 0.480 e. The molecule has 0 fully saturated rings. The van der Waals surface area contributed by atoms with Crippen LogP contribution < -0.4 is 5.32 Å². The summed E-state index contributed by atoms with van der Waals surface area (Å²) in [6.07, 6.45) is 54.3. The predicted octanol–water partition coefficient (Wildman–Crippen LogP) is 12.1. The van der Waals surface area contributed by atoms with Gasteiger partial charge in [-0.3, -0.25) is 18.6 Å². The number of aliphatic carboxylic acids is 1. The number of hydrogen-bond donors (Lipinski definition) is 4. The first kappa shape index (κ1) is 57.4. The smallest absolute Gasteiger partial charge is 0.472 e. The molecule has 0 aliphatic carbocycles. The number of ether oxygens (including phenoxy) is 1. The Morgan fingerprint density at radius 2 is 0.951 bits per heavy atom. The number of carboxylic acid groups (broad SMARTS) is 1. The summed E-state index contributed by atoms with van der Waals surface area (Å²) in [4.78, 5) is 46.0. The van der Waals surface area contributed by atoms with Gasteiger partial charge in [0.15, 0.2) is 6.04 Å². The number of carboxylic acids is 1. The van der Waals surface area contributed by atoms with Gasteiger partial charge in [0.25, 0.3) is 0 Å². The number of aliphatic hydroxyl groups is 1. The molecule has 0 aromatic carbocycles. The van der Waals surface area contributed by atoms with Gasteiger partial charge in [-0.1, -0.05) is 150 Å². The number of unbranched alkanes of at least 4 members (excludes halogenated alkanes) is 11. The number of nitrogens with one attached hydrogen (secondary N) is 1. The van der Waals surface area contributed by atoms with Gasteiger partial charge >= 0.3 is 19.8 Å². The molecule has 0 spiro atoms. The van der Waals surface area contributed by atoms with Gasteiger partial charge in [0.1, 0.15) is 12.7 Å². The molecular weight excluding hydrogens is 794 g/mol. The Bertz CT molecular complexity index is 1400. The average Bonchev–Trinajstić information content (AvgIpc) is 3.24. The van der Waals surface area contributed by atoms with Crippen LogP contribution in [-0.4, -0.2) is 64.9 Å². The van der Waals surface area contributed by atoms with Crippen LogP contribution in [0.15, 0.2) is 97.2 Å². The molecule has 4 N–H and O–H groups in total. The lowest BCUT2D eigenvalue weighted by Crippen LogP contribution is -2.43. The van der Waals surface area contributed by atoms with Gasteiger partial charge in [0, 0.05) is 12.8 Å². The number of aliphatic hydroxyl groups excluding tert-OH is 1. The Hall–Kier alpha value is -3.60. The van der Waals surface area contributed by atoms with Crippen molar-refractivity contribution in [2.75, 3.05) is 19.8 Å². The van der Waals surface area contributed by atoms with Crippen LogP contribution in [0.5, 0.6) is 0 Å². The lowest BCUT2D eigenvalue weighted by molar-refractivity contribution is -0.147. The first-order chi connectivity index (χ1) is 29.6. The standard InChI is InChI=1S/C49H80NO10P/c1-3-5-7-9-11-13-15-17-19-21-22-23-24-25-27-29-31-33-35-37-39-41-48(53)58-42-45(51)43-59-61(56,57)60-44-46(49(54)55)50-47(52)40-38-36-34-32-30-28-26-20-18-16-14-12-10-8-6-4-2/h5,7,11,13-14,16-17,19-20,22-23,25-27,31,33,45-46,51H,3-4,6,8-10,12,15,18,21,24,28-30,32,34-44H2,1-2H3,(H,50,52)(H,54,55)(H,56,57)/b7-5-,13-11-,16-14-,19-17-,23-22-,26-20-,27-25-,33-31-. The maximum atomic E-state index is 12.3. The van der Waals surface area contributed by atoms with E-state index in [4.69, 9.17) is 13.8 Å². The number of allylic oxidation sites excluding steroid dienone is 16. The Morgan fingerprint density at radius 1 is 0.541 bits per heavy atom. The van der Waals surface area contributed by atoms with Crippen molar-refractivity contribution in [1.82, 2.24) is 5.32 Å². The predicted molar refractivity (Wildman–Crippen MR) is 249 cm³/mol. The zero-order valence-electron chi connectivity index (χ0n) is 37.4. The molecule has 0 aliphatic rings. The normalized spacial score (nSPS) is 14.6. The van der Waals surface area contributed by atoms with Crippen LogP contribution in [0.1, 0.15) is 162 Å². The molecule has 3 atom stereocenters. The third-order valence-corrected chi connectivity index (χ3v) is 10.1. The van der Waals surface area contributed by atoms with Gasteiger partial charge in [0.05, 0.1) is 13.2 Å². The van der Waals surface area contributed by atoms with Crippen molar-refractivity contribution >= 4 is 25.7 Å². The molecule has 0 aliphatic heterocycles. The second-order valence-corrected chi connectivity index (χ2v) is 16.3. The van der Waals surface area contributed by atoms with Gasteiger partial charge in [-0.15, -0.1) is 0 Å². The number of carbonyl (C=O) groups is 3.